The molecule has 2 aromatic carbocycles. The predicted molar refractivity (Wildman–Crippen MR) is 110 cm³/mol. The fraction of sp³-hybridized carbons (Fsp3) is 0.238. The van der Waals surface area contributed by atoms with Crippen LogP contribution in [-0.4, -0.2) is 31.3 Å². The first kappa shape index (κ1) is 21.3. The Morgan fingerprint density at radius 1 is 1.17 bits per heavy atom. The van der Waals surface area contributed by atoms with Crippen molar-refractivity contribution < 1.29 is 28.9 Å². The molecular formula is C21H21ClN2O6. The van der Waals surface area contributed by atoms with Gasteiger partial charge in [-0.2, -0.15) is 0 Å². The van der Waals surface area contributed by atoms with Gasteiger partial charge < -0.3 is 30.0 Å². The quantitative estimate of drug-likeness (QED) is 0.604. The van der Waals surface area contributed by atoms with Crippen LogP contribution >= 0.6 is 11.6 Å². The molecule has 2 amide bonds. The fourth-order valence-corrected chi connectivity index (χ4v) is 3.30. The lowest BCUT2D eigenvalue weighted by Crippen LogP contribution is -2.45. The SMILES string of the molecule is COc1ccc(COC(=O)C2=C(C)NC(=O)N[C@H]2c2cc(Cl)c(O)c(OC)c2)cc1. The van der Waals surface area contributed by atoms with E-state index in [1.54, 1.807) is 38.3 Å². The van der Waals surface area contributed by atoms with E-state index < -0.39 is 18.0 Å². The van der Waals surface area contributed by atoms with E-state index in [0.29, 0.717) is 17.0 Å². The molecule has 0 bridgehead atoms. The van der Waals surface area contributed by atoms with Crippen molar-refractivity contribution in [3.05, 3.63) is 63.8 Å². The van der Waals surface area contributed by atoms with Crippen LogP contribution in [0.3, 0.4) is 0 Å². The van der Waals surface area contributed by atoms with E-state index in [-0.39, 0.29) is 28.7 Å². The molecule has 1 aliphatic heterocycles. The highest BCUT2D eigenvalue weighted by atomic mass is 35.5. The number of hydrogen-bond donors (Lipinski definition) is 3. The normalized spacial score (nSPS) is 15.9. The lowest BCUT2D eigenvalue weighted by atomic mass is 9.95. The second-order valence-electron chi connectivity index (χ2n) is 6.55. The Balaban J connectivity index is 1.87. The Labute approximate surface area is 178 Å². The molecule has 2 aromatic rings. The maximum Gasteiger partial charge on any atom is 0.338 e. The van der Waals surface area contributed by atoms with Gasteiger partial charge in [0, 0.05) is 5.70 Å². The summed E-state index contributed by atoms with van der Waals surface area (Å²) in [5.41, 5.74) is 1.81. The zero-order valence-electron chi connectivity index (χ0n) is 16.6. The van der Waals surface area contributed by atoms with Crippen LogP contribution in [0.5, 0.6) is 17.2 Å². The van der Waals surface area contributed by atoms with E-state index in [1.165, 1.54) is 19.2 Å². The maximum atomic E-state index is 12.9. The fourth-order valence-electron chi connectivity index (χ4n) is 3.08. The van der Waals surface area contributed by atoms with Crippen LogP contribution in [0.1, 0.15) is 24.1 Å². The van der Waals surface area contributed by atoms with Crippen LogP contribution in [0.2, 0.25) is 5.02 Å². The first-order valence-corrected chi connectivity index (χ1v) is 9.36. The molecule has 0 saturated carbocycles. The number of urea groups is 1. The highest BCUT2D eigenvalue weighted by molar-refractivity contribution is 6.32. The molecular weight excluding hydrogens is 412 g/mol. The average Bonchev–Trinajstić information content (AvgIpc) is 2.73. The van der Waals surface area contributed by atoms with E-state index in [9.17, 15) is 14.7 Å². The van der Waals surface area contributed by atoms with Crippen molar-refractivity contribution in [1.82, 2.24) is 10.6 Å². The molecule has 8 nitrogen and oxygen atoms in total. The number of esters is 1. The van der Waals surface area contributed by atoms with Crippen LogP contribution in [0.15, 0.2) is 47.7 Å². The molecule has 1 atom stereocenters. The summed E-state index contributed by atoms with van der Waals surface area (Å²) in [6.07, 6.45) is 0. The summed E-state index contributed by atoms with van der Waals surface area (Å²) in [7, 11) is 2.95. The van der Waals surface area contributed by atoms with Gasteiger partial charge >= 0.3 is 12.0 Å². The Hall–Kier alpha value is -3.39. The zero-order chi connectivity index (χ0) is 21.8. The molecule has 0 fully saturated rings. The summed E-state index contributed by atoms with van der Waals surface area (Å²) in [6.45, 7) is 1.65. The van der Waals surface area contributed by atoms with Gasteiger partial charge in [-0.25, -0.2) is 9.59 Å². The molecule has 0 aliphatic carbocycles. The third kappa shape index (κ3) is 4.44. The molecule has 0 spiro atoms. The van der Waals surface area contributed by atoms with Crippen molar-refractivity contribution in [3.8, 4) is 17.2 Å². The summed E-state index contributed by atoms with van der Waals surface area (Å²) in [5, 5.41) is 15.3. The van der Waals surface area contributed by atoms with Crippen LogP contribution in [0.4, 0.5) is 4.79 Å². The number of hydrogen-bond acceptors (Lipinski definition) is 6. The Morgan fingerprint density at radius 2 is 1.87 bits per heavy atom. The van der Waals surface area contributed by atoms with Crippen LogP contribution in [0, 0.1) is 0 Å². The summed E-state index contributed by atoms with van der Waals surface area (Å²) in [6, 6.07) is 8.75. The first-order chi connectivity index (χ1) is 14.3. The number of benzene rings is 2. The van der Waals surface area contributed by atoms with Crippen molar-refractivity contribution >= 4 is 23.6 Å². The number of methoxy groups -OCH3 is 2. The molecule has 3 rings (SSSR count). The van der Waals surface area contributed by atoms with Gasteiger partial charge in [0.25, 0.3) is 0 Å². The van der Waals surface area contributed by atoms with Gasteiger partial charge in [0.15, 0.2) is 11.5 Å². The molecule has 1 heterocycles. The number of nitrogens with one attached hydrogen (secondary N) is 2. The standard InChI is InChI=1S/C21H21ClN2O6/c1-11-17(20(26)30-10-12-4-6-14(28-2)7-5-12)18(24-21(27)23-11)13-8-15(22)19(25)16(9-13)29-3/h4-9,18,25H,10H2,1-3H3,(H2,23,24,27)/t18-/m0/s1. The van der Waals surface area contributed by atoms with Crippen molar-refractivity contribution in [2.75, 3.05) is 14.2 Å². The number of halogens is 1. The highest BCUT2D eigenvalue weighted by Gasteiger charge is 2.33. The Bertz CT molecular complexity index is 1000. The third-order valence-corrected chi connectivity index (χ3v) is 4.91. The van der Waals surface area contributed by atoms with Crippen molar-refractivity contribution in [1.29, 1.82) is 0 Å². The van der Waals surface area contributed by atoms with Gasteiger partial charge in [0.2, 0.25) is 0 Å². The van der Waals surface area contributed by atoms with E-state index in [1.807, 2.05) is 0 Å². The topological polar surface area (TPSA) is 106 Å². The largest absolute Gasteiger partial charge is 0.503 e. The van der Waals surface area contributed by atoms with E-state index >= 15 is 0 Å². The number of phenols is 1. The first-order valence-electron chi connectivity index (χ1n) is 8.98. The number of allylic oxidation sites excluding steroid dienone is 1. The zero-order valence-corrected chi connectivity index (χ0v) is 17.4. The van der Waals surface area contributed by atoms with Gasteiger partial charge in [-0.3, -0.25) is 0 Å². The molecule has 1 aliphatic rings. The molecule has 158 valence electrons. The van der Waals surface area contributed by atoms with Crippen LogP contribution < -0.4 is 20.1 Å². The summed E-state index contributed by atoms with van der Waals surface area (Å²) in [5.74, 6) is -0.0218. The van der Waals surface area contributed by atoms with Crippen molar-refractivity contribution in [3.63, 3.8) is 0 Å². The number of ether oxygens (including phenoxy) is 3. The van der Waals surface area contributed by atoms with Gasteiger partial charge in [0.1, 0.15) is 12.4 Å². The summed E-state index contributed by atoms with van der Waals surface area (Å²) >= 11 is 6.08. The highest BCUT2D eigenvalue weighted by Crippen LogP contribution is 2.39. The summed E-state index contributed by atoms with van der Waals surface area (Å²) < 4.78 is 15.7. The monoisotopic (exact) mass is 432 g/mol. The molecule has 0 unspecified atom stereocenters. The number of aromatic hydroxyl groups is 1. The number of phenolic OH excluding ortho intramolecular Hbond substituents is 1. The van der Waals surface area contributed by atoms with Gasteiger partial charge in [-0.15, -0.1) is 0 Å². The molecule has 0 aromatic heterocycles. The van der Waals surface area contributed by atoms with Gasteiger partial charge in [-0.1, -0.05) is 23.7 Å². The number of rotatable bonds is 6. The minimum absolute atomic E-state index is 0.0285. The third-order valence-electron chi connectivity index (χ3n) is 4.62. The number of amides is 2. The van der Waals surface area contributed by atoms with E-state index in [0.717, 1.165) is 5.56 Å². The second kappa shape index (κ2) is 8.96. The molecule has 0 radical (unpaired) electrons. The average molecular weight is 433 g/mol. The molecule has 9 heteroatoms. The maximum absolute atomic E-state index is 12.9. The van der Waals surface area contributed by atoms with E-state index in [4.69, 9.17) is 25.8 Å². The Morgan fingerprint density at radius 3 is 2.50 bits per heavy atom. The minimum Gasteiger partial charge on any atom is -0.503 e. The van der Waals surface area contributed by atoms with Crippen molar-refractivity contribution in [2.24, 2.45) is 0 Å². The molecule has 30 heavy (non-hydrogen) atoms. The smallest absolute Gasteiger partial charge is 0.338 e. The second-order valence-corrected chi connectivity index (χ2v) is 6.96. The van der Waals surface area contributed by atoms with Crippen LogP contribution in [0.25, 0.3) is 0 Å². The summed E-state index contributed by atoms with van der Waals surface area (Å²) in [4.78, 5) is 24.9. The molecule has 0 saturated heterocycles. The van der Waals surface area contributed by atoms with Crippen molar-refractivity contribution in [2.45, 2.75) is 19.6 Å². The van der Waals surface area contributed by atoms with E-state index in [2.05, 4.69) is 10.6 Å². The molecule has 3 N–H and O–H groups in total. The number of carbonyl (C=O) groups is 2. The predicted octanol–water partition coefficient (Wildman–Crippen LogP) is 3.43. The van der Waals surface area contributed by atoms with Gasteiger partial charge in [0.05, 0.1) is 30.9 Å². The Kier molecular flexibility index (Phi) is 6.37. The number of carbonyl (C=O) groups excluding carboxylic acids is 2. The minimum atomic E-state index is -0.839. The van der Waals surface area contributed by atoms with Gasteiger partial charge in [-0.05, 0) is 42.3 Å². The lowest BCUT2D eigenvalue weighted by molar-refractivity contribution is -0.140. The lowest BCUT2D eigenvalue weighted by Gasteiger charge is -2.28. The van der Waals surface area contributed by atoms with Crippen LogP contribution in [-0.2, 0) is 16.1 Å².